The van der Waals surface area contributed by atoms with Gasteiger partial charge in [-0.15, -0.1) is 0 Å². The van der Waals surface area contributed by atoms with Crippen molar-refractivity contribution in [1.82, 2.24) is 9.80 Å². The van der Waals surface area contributed by atoms with Crippen molar-refractivity contribution in [1.29, 1.82) is 0 Å². The van der Waals surface area contributed by atoms with Crippen molar-refractivity contribution in [3.8, 4) is 0 Å². The number of rotatable bonds is 5. The Balaban J connectivity index is 1.52. The number of hydrogen-bond donors (Lipinski definition) is 1. The Hall–Kier alpha value is -2.50. The van der Waals surface area contributed by atoms with Crippen molar-refractivity contribution in [2.75, 3.05) is 19.7 Å². The normalized spacial score (nSPS) is 25.0. The van der Waals surface area contributed by atoms with E-state index in [0.717, 1.165) is 23.2 Å². The lowest BCUT2D eigenvalue weighted by Gasteiger charge is -2.59. The molecule has 2 aliphatic heterocycles. The van der Waals surface area contributed by atoms with Crippen LogP contribution in [-0.4, -0.2) is 52.6 Å². The minimum atomic E-state index is -0.254. The van der Waals surface area contributed by atoms with Crippen LogP contribution < -0.4 is 0 Å². The number of halogens is 1. The van der Waals surface area contributed by atoms with Crippen LogP contribution in [-0.2, 0) is 11.3 Å². The van der Waals surface area contributed by atoms with Gasteiger partial charge in [0.25, 0.3) is 0 Å². The van der Waals surface area contributed by atoms with Gasteiger partial charge in [0.2, 0.25) is 5.91 Å². The Kier molecular flexibility index (Phi) is 5.29. The smallest absolute Gasteiger partial charge is 0.237 e. The lowest BCUT2D eigenvalue weighted by molar-refractivity contribution is -0.162. The molecule has 3 atom stereocenters. The number of amides is 1. The number of allylic oxidation sites excluding steroid dienone is 1. The molecule has 2 heterocycles. The highest BCUT2D eigenvalue weighted by Gasteiger charge is 2.53. The van der Waals surface area contributed by atoms with Crippen LogP contribution in [0, 0.1) is 5.82 Å². The summed E-state index contributed by atoms with van der Waals surface area (Å²) in [6, 6.07) is 14.7. The van der Waals surface area contributed by atoms with Crippen molar-refractivity contribution < 1.29 is 14.3 Å². The second kappa shape index (κ2) is 7.86. The van der Waals surface area contributed by atoms with E-state index in [-0.39, 0.29) is 36.3 Å². The maximum absolute atomic E-state index is 13.1. The zero-order valence-corrected chi connectivity index (χ0v) is 16.0. The van der Waals surface area contributed by atoms with Gasteiger partial charge in [-0.05, 0) is 35.7 Å². The van der Waals surface area contributed by atoms with Gasteiger partial charge in [-0.1, -0.05) is 48.6 Å². The molecule has 1 N–H and O–H groups in total. The molecule has 2 aromatic rings. The van der Waals surface area contributed by atoms with Gasteiger partial charge in [-0.3, -0.25) is 9.69 Å². The van der Waals surface area contributed by atoms with Crippen molar-refractivity contribution >= 4 is 12.0 Å². The molecule has 0 aliphatic carbocycles. The van der Waals surface area contributed by atoms with Gasteiger partial charge in [0, 0.05) is 19.0 Å². The Bertz CT molecular complexity index is 863. The SMILES string of the molecule is C/C=C/c1ccc([C@@H]2[C@@H](CO)N3C(=O)CN(Cc4ccc(F)cc4)C[C@H]23)cc1. The fourth-order valence-corrected chi connectivity index (χ4v) is 4.56. The summed E-state index contributed by atoms with van der Waals surface area (Å²) in [6.45, 7) is 3.66. The summed E-state index contributed by atoms with van der Waals surface area (Å²) >= 11 is 0. The summed E-state index contributed by atoms with van der Waals surface area (Å²) in [5.41, 5.74) is 3.29. The number of benzene rings is 2. The highest BCUT2D eigenvalue weighted by Crippen LogP contribution is 2.43. The van der Waals surface area contributed by atoms with E-state index in [1.807, 2.05) is 17.9 Å². The first kappa shape index (κ1) is 18.8. The minimum absolute atomic E-state index is 0.0263. The maximum Gasteiger partial charge on any atom is 0.237 e. The van der Waals surface area contributed by atoms with E-state index in [1.54, 1.807) is 12.1 Å². The van der Waals surface area contributed by atoms with Gasteiger partial charge in [0.05, 0.1) is 25.2 Å². The highest BCUT2D eigenvalue weighted by molar-refractivity contribution is 5.81. The first-order chi connectivity index (χ1) is 13.6. The third-order valence-corrected chi connectivity index (χ3v) is 5.82. The molecule has 0 bridgehead atoms. The molecule has 0 unspecified atom stereocenters. The molecule has 0 saturated carbocycles. The molecule has 0 radical (unpaired) electrons. The first-order valence-corrected chi connectivity index (χ1v) is 9.72. The molecule has 1 amide bonds. The Morgan fingerprint density at radius 1 is 1.14 bits per heavy atom. The molecule has 0 spiro atoms. The summed E-state index contributed by atoms with van der Waals surface area (Å²) in [5.74, 6) is -0.0697. The number of piperazine rings is 1. The van der Waals surface area contributed by atoms with Crippen LogP contribution in [0.4, 0.5) is 4.39 Å². The number of hydrogen-bond acceptors (Lipinski definition) is 3. The largest absolute Gasteiger partial charge is 0.394 e. The summed E-state index contributed by atoms with van der Waals surface area (Å²) in [4.78, 5) is 16.7. The fraction of sp³-hybridized carbons (Fsp3) is 0.348. The number of aliphatic hydroxyl groups is 1. The summed E-state index contributed by atoms with van der Waals surface area (Å²) in [6.07, 6.45) is 4.05. The van der Waals surface area contributed by atoms with Crippen LogP contribution in [0.3, 0.4) is 0 Å². The summed E-state index contributed by atoms with van der Waals surface area (Å²) < 4.78 is 13.1. The van der Waals surface area contributed by atoms with Gasteiger partial charge >= 0.3 is 0 Å². The van der Waals surface area contributed by atoms with Gasteiger partial charge in [0.15, 0.2) is 0 Å². The number of carbonyl (C=O) groups is 1. The van der Waals surface area contributed by atoms with E-state index in [9.17, 15) is 14.3 Å². The molecule has 5 heteroatoms. The van der Waals surface area contributed by atoms with Crippen LogP contribution in [0.15, 0.2) is 54.6 Å². The molecule has 28 heavy (non-hydrogen) atoms. The number of aliphatic hydroxyl groups excluding tert-OH is 1. The lowest BCUT2D eigenvalue weighted by atomic mass is 9.73. The van der Waals surface area contributed by atoms with Crippen molar-refractivity contribution in [2.45, 2.75) is 31.5 Å². The van der Waals surface area contributed by atoms with Crippen molar-refractivity contribution in [3.05, 3.63) is 77.1 Å². The molecule has 2 fully saturated rings. The zero-order valence-electron chi connectivity index (χ0n) is 16.0. The molecular formula is C23H25FN2O2. The van der Waals surface area contributed by atoms with Crippen LogP contribution in [0.1, 0.15) is 29.5 Å². The molecule has 2 saturated heterocycles. The number of nitrogens with zero attached hydrogens (tertiary/aromatic N) is 2. The lowest BCUT2D eigenvalue weighted by Crippen LogP contribution is -2.72. The monoisotopic (exact) mass is 380 g/mol. The Labute approximate surface area is 164 Å². The third kappa shape index (κ3) is 3.48. The van der Waals surface area contributed by atoms with Gasteiger partial charge in [0.1, 0.15) is 5.82 Å². The van der Waals surface area contributed by atoms with Crippen LogP contribution >= 0.6 is 0 Å². The van der Waals surface area contributed by atoms with Crippen LogP contribution in [0.5, 0.6) is 0 Å². The van der Waals surface area contributed by atoms with Gasteiger partial charge in [-0.25, -0.2) is 4.39 Å². The van der Waals surface area contributed by atoms with E-state index in [0.29, 0.717) is 13.1 Å². The first-order valence-electron chi connectivity index (χ1n) is 9.72. The molecule has 2 aromatic carbocycles. The van der Waals surface area contributed by atoms with E-state index < -0.39 is 0 Å². The molecule has 0 aromatic heterocycles. The second-order valence-corrected chi connectivity index (χ2v) is 7.61. The molecule has 2 aliphatic rings. The summed E-state index contributed by atoms with van der Waals surface area (Å²) in [5, 5.41) is 9.89. The van der Waals surface area contributed by atoms with Gasteiger partial charge < -0.3 is 10.0 Å². The highest BCUT2D eigenvalue weighted by atomic mass is 19.1. The van der Waals surface area contributed by atoms with E-state index in [1.165, 1.54) is 12.1 Å². The average molecular weight is 380 g/mol. The quantitative estimate of drug-likeness (QED) is 0.867. The second-order valence-electron chi connectivity index (χ2n) is 7.61. The topological polar surface area (TPSA) is 43.8 Å². The Morgan fingerprint density at radius 3 is 2.50 bits per heavy atom. The zero-order chi connectivity index (χ0) is 19.7. The fourth-order valence-electron chi connectivity index (χ4n) is 4.56. The van der Waals surface area contributed by atoms with Crippen molar-refractivity contribution in [2.24, 2.45) is 0 Å². The van der Waals surface area contributed by atoms with Crippen molar-refractivity contribution in [3.63, 3.8) is 0 Å². The summed E-state index contributed by atoms with van der Waals surface area (Å²) in [7, 11) is 0. The Morgan fingerprint density at radius 2 is 1.86 bits per heavy atom. The number of fused-ring (bicyclic) bond motifs is 1. The molecule has 4 rings (SSSR count). The molecule has 146 valence electrons. The average Bonchev–Trinajstić information content (AvgIpc) is 2.67. The predicted octanol–water partition coefficient (Wildman–Crippen LogP) is 3.03. The van der Waals surface area contributed by atoms with E-state index in [4.69, 9.17) is 0 Å². The van der Waals surface area contributed by atoms with Crippen LogP contribution in [0.2, 0.25) is 0 Å². The minimum Gasteiger partial charge on any atom is -0.394 e. The standard InChI is InChI=1S/C23H25FN2O2/c1-2-3-16-4-8-18(9-5-16)23-20-13-25(12-17-6-10-19(24)11-7-17)14-22(28)26(20)21(23)15-27/h2-11,20-21,23,27H,12-15H2,1H3/b3-2+/t20-,21-,23+/m1/s1. The molecule has 4 nitrogen and oxygen atoms in total. The van der Waals surface area contributed by atoms with E-state index >= 15 is 0 Å². The third-order valence-electron chi connectivity index (χ3n) is 5.82. The predicted molar refractivity (Wildman–Crippen MR) is 107 cm³/mol. The van der Waals surface area contributed by atoms with Gasteiger partial charge in [-0.2, -0.15) is 0 Å². The van der Waals surface area contributed by atoms with E-state index in [2.05, 4.69) is 35.2 Å². The molecular weight excluding hydrogens is 355 g/mol. The van der Waals surface area contributed by atoms with Crippen LogP contribution in [0.25, 0.3) is 6.08 Å². The number of carbonyl (C=O) groups excluding carboxylic acids is 1. The maximum atomic E-state index is 13.1.